The number of hydrogen-bond acceptors (Lipinski definition) is 13. The molecule has 5 aliphatic rings. The smallest absolute Gasteiger partial charge is 0.137 e. The molecular formula is C64H82N2O12. The average Bonchev–Trinajstić information content (AvgIpc) is 4.24. The summed E-state index contributed by atoms with van der Waals surface area (Å²) >= 11 is 0. The van der Waals surface area contributed by atoms with Crippen LogP contribution in [0.3, 0.4) is 0 Å². The second kappa shape index (κ2) is 37.1. The molecule has 420 valence electrons. The first kappa shape index (κ1) is 62.1. The summed E-state index contributed by atoms with van der Waals surface area (Å²) in [7, 11) is 0. The van der Waals surface area contributed by atoms with E-state index >= 15 is 0 Å². The summed E-state index contributed by atoms with van der Waals surface area (Å²) < 4.78 is 52.1. The minimum Gasteiger partial charge on any atom is -0.491 e. The predicted molar refractivity (Wildman–Crippen MR) is 305 cm³/mol. The zero-order valence-corrected chi connectivity index (χ0v) is 46.3. The number of aromatic nitrogens is 2. The Morgan fingerprint density at radius 2 is 0.603 bits per heavy atom. The van der Waals surface area contributed by atoms with Gasteiger partial charge in [-0.3, -0.25) is 0 Å². The lowest BCUT2D eigenvalue weighted by molar-refractivity contribution is 0.255. The van der Waals surface area contributed by atoms with Crippen LogP contribution in [0.25, 0.3) is 11.4 Å². The Balaban J connectivity index is 0.000000168. The average molecular weight is 1070 g/mol. The molecule has 5 aliphatic heterocycles. The molecule has 1 aromatic heterocycles. The highest BCUT2D eigenvalue weighted by Gasteiger charge is 2.25. The van der Waals surface area contributed by atoms with Crippen LogP contribution in [-0.4, -0.2) is 117 Å². The van der Waals surface area contributed by atoms with Crippen molar-refractivity contribution in [3.05, 3.63) is 193 Å². The molecule has 14 nitrogen and oxygen atoms in total. The highest BCUT2D eigenvalue weighted by molar-refractivity contribution is 5.55. The lowest BCUT2D eigenvalue weighted by atomic mass is 10.2. The van der Waals surface area contributed by atoms with Crippen molar-refractivity contribution in [3.8, 4) is 40.1 Å². The third-order valence-corrected chi connectivity index (χ3v) is 10.1. The van der Waals surface area contributed by atoms with Gasteiger partial charge in [0.1, 0.15) is 98.1 Å². The Kier molecular flexibility index (Phi) is 29.6. The molecule has 14 heteroatoms. The quantitative estimate of drug-likeness (QED) is 0.0692. The minimum atomic E-state index is -0.167. The number of epoxide rings is 5. The van der Waals surface area contributed by atoms with Gasteiger partial charge >= 0.3 is 0 Å². The maximum atomic E-state index is 9.03. The number of aliphatic hydroxyl groups excluding tert-OH is 2. The van der Waals surface area contributed by atoms with Gasteiger partial charge in [-0.25, -0.2) is 4.98 Å². The molecule has 78 heavy (non-hydrogen) atoms. The summed E-state index contributed by atoms with van der Waals surface area (Å²) in [5.41, 5.74) is 2.00. The van der Waals surface area contributed by atoms with Crippen molar-refractivity contribution >= 4 is 0 Å². The molecule has 12 rings (SSSR count). The first-order valence-corrected chi connectivity index (χ1v) is 26.9. The molecule has 0 bridgehead atoms. The predicted octanol–water partition coefficient (Wildman–Crippen LogP) is 11.7. The molecule has 6 heterocycles. The zero-order valence-electron chi connectivity index (χ0n) is 46.3. The Hall–Kier alpha value is -6.75. The lowest BCUT2D eigenvalue weighted by Crippen LogP contribution is -2.03. The first-order valence-electron chi connectivity index (χ1n) is 26.9. The SMILES string of the molecule is CC(C)C.CC(C)C.OCc1nc(-c2ccccc2)[nH]c1CO.c1ccc(OCC2CO2)cc1.c1ccc(OCC2CO2)cc1.c1ccc(OCC2CO2)cc1.c1ccc(OCC2CO2)cc1.c1ccc(OCC2CO2)cc1. The minimum absolute atomic E-state index is 0.143. The van der Waals surface area contributed by atoms with Crippen molar-refractivity contribution in [2.45, 2.75) is 85.3 Å². The Morgan fingerprint density at radius 3 is 0.782 bits per heavy atom. The Morgan fingerprint density at radius 1 is 0.385 bits per heavy atom. The van der Waals surface area contributed by atoms with Crippen molar-refractivity contribution in [3.63, 3.8) is 0 Å². The highest BCUT2D eigenvalue weighted by atomic mass is 16.6. The highest BCUT2D eigenvalue weighted by Crippen LogP contribution is 2.20. The number of hydrogen-bond donors (Lipinski definition) is 3. The molecule has 5 atom stereocenters. The number of ether oxygens (including phenoxy) is 10. The van der Waals surface area contributed by atoms with Gasteiger partial charge in [0.2, 0.25) is 0 Å². The van der Waals surface area contributed by atoms with E-state index in [2.05, 4.69) is 51.5 Å². The third-order valence-electron chi connectivity index (χ3n) is 10.1. The van der Waals surface area contributed by atoms with E-state index in [9.17, 15) is 0 Å². The van der Waals surface area contributed by atoms with Crippen LogP contribution in [0.15, 0.2) is 182 Å². The molecule has 7 aromatic rings. The fourth-order valence-corrected chi connectivity index (χ4v) is 5.79. The van der Waals surface area contributed by atoms with Crippen LogP contribution in [0.4, 0.5) is 0 Å². The second-order valence-corrected chi connectivity index (χ2v) is 19.6. The monoisotopic (exact) mass is 1070 g/mol. The standard InChI is InChI=1S/C11H12N2O2.5C9H10O2.2C4H10/c14-6-9-10(7-15)13-11(12-9)8-4-2-1-3-5-8;5*1-2-4-8(5-3-1)10-6-9-7-11-9;2*1-4(2)3/h1-5,14-15H,6-7H2,(H,12,13);5*1-5,9H,6-7H2;2*4H,1-3H3. The summed E-state index contributed by atoms with van der Waals surface area (Å²) in [5, 5.41) is 18.0. The normalized spacial score (nSPS) is 17.9. The van der Waals surface area contributed by atoms with Crippen LogP contribution in [0.2, 0.25) is 0 Å². The number of benzene rings is 6. The Labute approximate surface area is 462 Å². The fraction of sp³-hybridized carbons (Fsp3) is 0.391. The van der Waals surface area contributed by atoms with Gasteiger partial charge in [-0.1, -0.05) is 163 Å². The van der Waals surface area contributed by atoms with Crippen LogP contribution in [0, 0.1) is 11.8 Å². The van der Waals surface area contributed by atoms with Crippen LogP contribution in [0.1, 0.15) is 52.9 Å². The molecule has 5 saturated heterocycles. The summed E-state index contributed by atoms with van der Waals surface area (Å²) in [4.78, 5) is 7.18. The lowest BCUT2D eigenvalue weighted by Gasteiger charge is -2.01. The molecule has 0 aliphatic carbocycles. The van der Waals surface area contributed by atoms with Gasteiger partial charge in [0, 0.05) is 5.56 Å². The van der Waals surface area contributed by atoms with Crippen molar-refractivity contribution in [2.24, 2.45) is 11.8 Å². The largest absolute Gasteiger partial charge is 0.491 e. The van der Waals surface area contributed by atoms with E-state index in [1.807, 2.05) is 182 Å². The van der Waals surface area contributed by atoms with Crippen LogP contribution >= 0.6 is 0 Å². The second-order valence-electron chi connectivity index (χ2n) is 19.6. The van der Waals surface area contributed by atoms with E-state index in [-0.39, 0.29) is 13.2 Å². The summed E-state index contributed by atoms with van der Waals surface area (Å²) in [6.45, 7) is 20.4. The van der Waals surface area contributed by atoms with Crippen molar-refractivity contribution in [1.29, 1.82) is 0 Å². The van der Waals surface area contributed by atoms with Gasteiger partial charge in [-0.2, -0.15) is 0 Å². The van der Waals surface area contributed by atoms with Crippen molar-refractivity contribution in [1.82, 2.24) is 9.97 Å². The number of para-hydroxylation sites is 5. The third kappa shape index (κ3) is 31.5. The zero-order chi connectivity index (χ0) is 55.4. The first-order chi connectivity index (χ1) is 38.1. The number of aromatic amines is 1. The van der Waals surface area contributed by atoms with Gasteiger partial charge in [0.05, 0.1) is 57.6 Å². The summed E-state index contributed by atoms with van der Waals surface area (Å²) in [6.07, 6.45) is 1.71. The number of rotatable bonds is 18. The van der Waals surface area contributed by atoms with Crippen LogP contribution in [-0.2, 0) is 36.9 Å². The van der Waals surface area contributed by atoms with E-state index in [4.69, 9.17) is 57.6 Å². The van der Waals surface area contributed by atoms with Crippen LogP contribution in [0.5, 0.6) is 28.7 Å². The van der Waals surface area contributed by atoms with Gasteiger partial charge in [0.15, 0.2) is 0 Å². The molecule has 0 radical (unpaired) electrons. The van der Waals surface area contributed by atoms with Crippen molar-refractivity contribution < 1.29 is 57.6 Å². The maximum Gasteiger partial charge on any atom is 0.137 e. The fourth-order valence-electron chi connectivity index (χ4n) is 5.79. The summed E-state index contributed by atoms with van der Waals surface area (Å²) in [5.74, 6) is 6.93. The van der Waals surface area contributed by atoms with Gasteiger partial charge in [0.25, 0.3) is 0 Å². The van der Waals surface area contributed by atoms with Gasteiger partial charge in [-0.05, 0) is 72.5 Å². The molecule has 0 spiro atoms. The molecular weight excluding hydrogens is 989 g/mol. The number of nitrogens with one attached hydrogen (secondary N) is 1. The van der Waals surface area contributed by atoms with Gasteiger partial charge in [-0.15, -0.1) is 0 Å². The van der Waals surface area contributed by atoms with Gasteiger partial charge < -0.3 is 62.6 Å². The molecule has 5 fully saturated rings. The molecule has 0 saturated carbocycles. The van der Waals surface area contributed by atoms with Crippen LogP contribution < -0.4 is 23.7 Å². The number of aliphatic hydroxyl groups is 2. The summed E-state index contributed by atoms with van der Waals surface area (Å²) in [6, 6.07) is 58.5. The number of nitrogens with zero attached hydrogens (tertiary/aromatic N) is 1. The van der Waals surface area contributed by atoms with E-state index in [0.717, 1.165) is 79.2 Å². The molecule has 0 amide bonds. The topological polar surface area (TPSA) is 178 Å². The maximum absolute atomic E-state index is 9.03. The number of H-pyrrole nitrogens is 1. The molecule has 6 aromatic carbocycles. The van der Waals surface area contributed by atoms with E-state index in [1.165, 1.54) is 0 Å². The Bertz CT molecular complexity index is 2170. The number of imidazole rings is 1. The van der Waals surface area contributed by atoms with Crippen molar-refractivity contribution in [2.75, 3.05) is 66.1 Å². The van der Waals surface area contributed by atoms with E-state index < -0.39 is 0 Å². The molecule has 5 unspecified atom stereocenters. The molecule has 3 N–H and O–H groups in total. The van der Waals surface area contributed by atoms with E-state index in [1.54, 1.807) is 0 Å². The van der Waals surface area contributed by atoms with E-state index in [0.29, 0.717) is 80.8 Å².